The average Bonchev–Trinajstić information content (AvgIpc) is 3.42. The largest absolute Gasteiger partial charge is 0.307 e. The van der Waals surface area contributed by atoms with Gasteiger partial charge >= 0.3 is 0 Å². The molecule has 1 fully saturated rings. The lowest BCUT2D eigenvalue weighted by molar-refractivity contribution is 0.102. The Morgan fingerprint density at radius 3 is 2.86 bits per heavy atom. The van der Waals surface area contributed by atoms with Gasteiger partial charge in [0.15, 0.2) is 5.13 Å². The summed E-state index contributed by atoms with van der Waals surface area (Å²) in [5.74, 6) is -0.448. The van der Waals surface area contributed by atoms with Crippen LogP contribution in [0.15, 0.2) is 46.8 Å². The van der Waals surface area contributed by atoms with Crippen LogP contribution in [0.3, 0.4) is 0 Å². The third-order valence-electron chi connectivity index (χ3n) is 5.35. The Balaban J connectivity index is 1.80. The van der Waals surface area contributed by atoms with E-state index in [4.69, 9.17) is 5.41 Å². The van der Waals surface area contributed by atoms with Crippen molar-refractivity contribution >= 4 is 39.1 Å². The maximum absolute atomic E-state index is 13.2. The van der Waals surface area contributed by atoms with E-state index in [2.05, 4.69) is 15.3 Å². The predicted octanol–water partition coefficient (Wildman–Crippen LogP) is 2.95. The number of pyridine rings is 2. The summed E-state index contributed by atoms with van der Waals surface area (Å²) in [6, 6.07) is 6.90. The van der Waals surface area contributed by atoms with Gasteiger partial charge in [-0.05, 0) is 31.0 Å². The highest BCUT2D eigenvalue weighted by molar-refractivity contribution is 7.13. The number of aromatic nitrogens is 4. The Morgan fingerprint density at radius 1 is 1.28 bits per heavy atom. The van der Waals surface area contributed by atoms with E-state index >= 15 is 0 Å². The van der Waals surface area contributed by atoms with Crippen LogP contribution in [0.25, 0.3) is 16.7 Å². The monoisotopic (exact) mass is 406 g/mol. The maximum Gasteiger partial charge on any atom is 0.267 e. The molecule has 29 heavy (non-hydrogen) atoms. The summed E-state index contributed by atoms with van der Waals surface area (Å²) >= 11 is 1.30. The number of carbonyl (C=O) groups excluding carboxylic acids is 1. The molecule has 1 saturated carbocycles. The van der Waals surface area contributed by atoms with Crippen LogP contribution in [0.4, 0.5) is 5.13 Å². The van der Waals surface area contributed by atoms with Gasteiger partial charge in [0, 0.05) is 23.8 Å². The molecule has 0 radical (unpaired) electrons. The van der Waals surface area contributed by atoms with Crippen LogP contribution < -0.4 is 16.4 Å². The molecule has 1 aliphatic carbocycles. The van der Waals surface area contributed by atoms with Crippen LogP contribution >= 0.6 is 11.3 Å². The molecule has 8 nitrogen and oxygen atoms in total. The number of nitrogens with one attached hydrogen (secondary N) is 2. The molecular weight excluding hydrogens is 388 g/mol. The van der Waals surface area contributed by atoms with E-state index in [9.17, 15) is 9.59 Å². The Labute approximate surface area is 169 Å². The molecule has 0 atom stereocenters. The summed E-state index contributed by atoms with van der Waals surface area (Å²) < 4.78 is 3.24. The normalized spacial score (nSPS) is 14.6. The second-order valence-electron chi connectivity index (χ2n) is 7.09. The molecule has 0 saturated heterocycles. The van der Waals surface area contributed by atoms with Crippen molar-refractivity contribution in [2.45, 2.75) is 31.7 Å². The molecule has 4 heterocycles. The lowest BCUT2D eigenvalue weighted by Gasteiger charge is -2.19. The third kappa shape index (κ3) is 2.94. The lowest BCUT2D eigenvalue weighted by atomic mass is 10.1. The second-order valence-corrected chi connectivity index (χ2v) is 7.98. The first-order chi connectivity index (χ1) is 14.1. The van der Waals surface area contributed by atoms with E-state index in [-0.39, 0.29) is 22.7 Å². The molecule has 0 spiro atoms. The van der Waals surface area contributed by atoms with Crippen molar-refractivity contribution in [2.75, 3.05) is 5.32 Å². The number of carbonyl (C=O) groups is 1. The van der Waals surface area contributed by atoms with E-state index in [0.29, 0.717) is 21.8 Å². The Kier molecular flexibility index (Phi) is 4.24. The van der Waals surface area contributed by atoms with Gasteiger partial charge in [0.05, 0.1) is 10.9 Å². The van der Waals surface area contributed by atoms with Crippen LogP contribution in [-0.4, -0.2) is 24.8 Å². The number of thiazole rings is 1. The summed E-state index contributed by atoms with van der Waals surface area (Å²) in [4.78, 5) is 34.8. The zero-order chi connectivity index (χ0) is 20.0. The quantitative estimate of drug-likeness (QED) is 0.510. The van der Waals surface area contributed by atoms with Crippen LogP contribution in [0, 0.1) is 5.41 Å². The van der Waals surface area contributed by atoms with Crippen molar-refractivity contribution in [1.29, 1.82) is 5.41 Å². The van der Waals surface area contributed by atoms with E-state index in [0.717, 1.165) is 25.7 Å². The first kappa shape index (κ1) is 17.7. The zero-order valence-corrected chi connectivity index (χ0v) is 16.3. The van der Waals surface area contributed by atoms with Gasteiger partial charge in [-0.2, -0.15) is 0 Å². The number of anilines is 1. The molecule has 1 amide bonds. The highest BCUT2D eigenvalue weighted by Crippen LogP contribution is 2.30. The minimum Gasteiger partial charge on any atom is -0.307 e. The van der Waals surface area contributed by atoms with Crippen molar-refractivity contribution in [1.82, 2.24) is 18.9 Å². The van der Waals surface area contributed by atoms with Gasteiger partial charge in [-0.15, -0.1) is 11.3 Å². The van der Waals surface area contributed by atoms with Crippen molar-refractivity contribution in [3.05, 3.63) is 63.4 Å². The summed E-state index contributed by atoms with van der Waals surface area (Å²) in [6.45, 7) is 0. The van der Waals surface area contributed by atoms with Crippen LogP contribution in [0.5, 0.6) is 0 Å². The number of hydrogen-bond donors (Lipinski definition) is 2. The van der Waals surface area contributed by atoms with Crippen LogP contribution in [0.1, 0.15) is 42.1 Å². The molecule has 5 rings (SSSR count). The second kappa shape index (κ2) is 6.93. The smallest absolute Gasteiger partial charge is 0.267 e. The lowest BCUT2D eigenvalue weighted by Crippen LogP contribution is -2.33. The Hall–Kier alpha value is -3.33. The summed E-state index contributed by atoms with van der Waals surface area (Å²) in [5.41, 5.74) is 0.959. The fraction of sp³-hybridized carbons (Fsp3) is 0.250. The van der Waals surface area contributed by atoms with Crippen LogP contribution in [0.2, 0.25) is 0 Å². The Bertz CT molecular complexity index is 1350. The first-order valence-corrected chi connectivity index (χ1v) is 10.3. The predicted molar refractivity (Wildman–Crippen MR) is 110 cm³/mol. The molecule has 0 aliphatic heterocycles. The van der Waals surface area contributed by atoms with E-state index in [1.54, 1.807) is 34.5 Å². The molecular formula is C20H18N6O2S. The number of rotatable bonds is 3. The standard InChI is InChI=1S/C20H18N6O2S/c21-16-13(18(27)24-20-22-8-10-29-20)11-14-17(26(16)12-5-1-2-6-12)23-15-7-3-4-9-25(15)19(14)28/h3-4,7-12,21H,1-2,5-6H2,(H,22,24,27). The number of nitrogens with zero attached hydrogens (tertiary/aromatic N) is 4. The summed E-state index contributed by atoms with van der Waals surface area (Å²) in [6.07, 6.45) is 7.18. The fourth-order valence-corrected chi connectivity index (χ4v) is 4.51. The topological polar surface area (TPSA) is 105 Å². The van der Waals surface area contributed by atoms with E-state index in [1.165, 1.54) is 21.8 Å². The third-order valence-corrected chi connectivity index (χ3v) is 6.04. The minimum atomic E-state index is -0.448. The molecule has 146 valence electrons. The average molecular weight is 406 g/mol. The maximum atomic E-state index is 13.2. The minimum absolute atomic E-state index is 0.0516. The van der Waals surface area contributed by atoms with Crippen molar-refractivity contribution < 1.29 is 4.79 Å². The van der Waals surface area contributed by atoms with Gasteiger partial charge in [0.1, 0.15) is 16.8 Å². The molecule has 0 unspecified atom stereocenters. The Morgan fingerprint density at radius 2 is 2.10 bits per heavy atom. The first-order valence-electron chi connectivity index (χ1n) is 9.45. The molecule has 9 heteroatoms. The van der Waals surface area contributed by atoms with E-state index in [1.807, 2.05) is 6.07 Å². The van der Waals surface area contributed by atoms with Gasteiger partial charge in [-0.3, -0.25) is 24.7 Å². The molecule has 2 N–H and O–H groups in total. The van der Waals surface area contributed by atoms with E-state index < -0.39 is 5.91 Å². The number of amides is 1. The molecule has 0 aromatic carbocycles. The SMILES string of the molecule is N=c1c(C(=O)Nc2nccs2)cc2c(=O)n3ccccc3nc2n1C1CCCC1. The highest BCUT2D eigenvalue weighted by atomic mass is 32.1. The van der Waals surface area contributed by atoms with Gasteiger partial charge in [-0.1, -0.05) is 18.9 Å². The number of hydrogen-bond acceptors (Lipinski definition) is 6. The number of fused-ring (bicyclic) bond motifs is 2. The summed E-state index contributed by atoms with van der Waals surface area (Å²) in [5, 5.41) is 14.0. The summed E-state index contributed by atoms with van der Waals surface area (Å²) in [7, 11) is 0. The molecule has 4 aromatic heterocycles. The van der Waals surface area contributed by atoms with Crippen molar-refractivity contribution in [3.63, 3.8) is 0 Å². The molecule has 4 aromatic rings. The zero-order valence-electron chi connectivity index (χ0n) is 15.5. The van der Waals surface area contributed by atoms with Gasteiger partial charge in [0.25, 0.3) is 11.5 Å². The van der Waals surface area contributed by atoms with Crippen LogP contribution in [-0.2, 0) is 0 Å². The molecule has 1 aliphatic rings. The van der Waals surface area contributed by atoms with Gasteiger partial charge < -0.3 is 4.57 Å². The fourth-order valence-electron chi connectivity index (χ4n) is 3.99. The van der Waals surface area contributed by atoms with Crippen molar-refractivity contribution in [3.8, 4) is 0 Å². The molecule has 0 bridgehead atoms. The van der Waals surface area contributed by atoms with Gasteiger partial charge in [0.2, 0.25) is 0 Å². The van der Waals surface area contributed by atoms with Crippen molar-refractivity contribution in [2.24, 2.45) is 0 Å². The highest BCUT2D eigenvalue weighted by Gasteiger charge is 2.24. The van der Waals surface area contributed by atoms with Gasteiger partial charge in [-0.25, -0.2) is 9.97 Å².